The van der Waals surface area contributed by atoms with E-state index in [2.05, 4.69) is 28.2 Å². The van der Waals surface area contributed by atoms with Crippen LogP contribution in [0.25, 0.3) is 28.2 Å². The lowest BCUT2D eigenvalue weighted by molar-refractivity contribution is 0.102. The lowest BCUT2D eigenvalue weighted by Gasteiger charge is -2.18. The molecule has 0 N–H and O–H groups in total. The van der Waals surface area contributed by atoms with Gasteiger partial charge in [-0.3, -0.25) is 14.8 Å². The van der Waals surface area contributed by atoms with Gasteiger partial charge >= 0.3 is 0 Å². The van der Waals surface area contributed by atoms with E-state index in [0.717, 1.165) is 51.7 Å². The SMILES string of the molecule is O=C1/C(=C/c2ccc3nccnc3c2)CCc2cc(-c3ccccc3)ccc21. The lowest BCUT2D eigenvalue weighted by atomic mass is 9.84. The number of hydrogen-bond donors (Lipinski definition) is 0. The maximum absolute atomic E-state index is 13.0. The molecule has 0 unspecified atom stereocenters. The summed E-state index contributed by atoms with van der Waals surface area (Å²) in [7, 11) is 0. The van der Waals surface area contributed by atoms with Gasteiger partial charge < -0.3 is 0 Å². The first-order valence-electron chi connectivity index (χ1n) is 9.42. The van der Waals surface area contributed by atoms with Crippen molar-refractivity contribution in [2.75, 3.05) is 0 Å². The number of aromatic nitrogens is 2. The summed E-state index contributed by atoms with van der Waals surface area (Å²) in [5.41, 5.74) is 7.82. The molecule has 1 aliphatic carbocycles. The number of nitrogens with zero attached hydrogens (tertiary/aromatic N) is 2. The summed E-state index contributed by atoms with van der Waals surface area (Å²) in [6.45, 7) is 0. The molecular weight excluding hydrogens is 344 g/mol. The first kappa shape index (κ1) is 16.6. The Bertz CT molecular complexity index is 1230. The number of Topliss-reactive ketones (excluding diaryl/α,β-unsaturated/α-hetero) is 1. The van der Waals surface area contributed by atoms with E-state index < -0.39 is 0 Å². The molecule has 1 aromatic heterocycles. The van der Waals surface area contributed by atoms with Crippen molar-refractivity contribution in [3.63, 3.8) is 0 Å². The number of rotatable bonds is 2. The Kier molecular flexibility index (Phi) is 4.06. The van der Waals surface area contributed by atoms with Crippen LogP contribution in [-0.2, 0) is 6.42 Å². The number of aryl methyl sites for hydroxylation is 1. The summed E-state index contributed by atoms with van der Waals surface area (Å²) >= 11 is 0. The molecule has 0 aliphatic heterocycles. The quantitative estimate of drug-likeness (QED) is 0.442. The van der Waals surface area contributed by atoms with Crippen molar-refractivity contribution in [3.05, 3.63) is 101 Å². The van der Waals surface area contributed by atoms with E-state index >= 15 is 0 Å². The van der Waals surface area contributed by atoms with Crippen LogP contribution < -0.4 is 0 Å². The summed E-state index contributed by atoms with van der Waals surface area (Å²) in [5.74, 6) is 0.125. The van der Waals surface area contributed by atoms with Crippen molar-refractivity contribution in [2.24, 2.45) is 0 Å². The standard InChI is InChI=1S/C25H18N2O/c28-25-21(14-17-6-11-23-24(15-17)27-13-12-26-23)8-7-20-16-19(9-10-22(20)25)18-4-2-1-3-5-18/h1-6,9-16H,7-8H2/b21-14+. The molecule has 3 aromatic carbocycles. The highest BCUT2D eigenvalue weighted by molar-refractivity contribution is 6.13. The fourth-order valence-corrected chi connectivity index (χ4v) is 3.80. The molecule has 134 valence electrons. The van der Waals surface area contributed by atoms with Crippen molar-refractivity contribution in [1.82, 2.24) is 9.97 Å². The van der Waals surface area contributed by atoms with Crippen LogP contribution in [0.15, 0.2) is 84.7 Å². The Morgan fingerprint density at radius 3 is 2.43 bits per heavy atom. The van der Waals surface area contributed by atoms with E-state index in [1.54, 1.807) is 12.4 Å². The molecule has 0 amide bonds. The molecule has 3 nitrogen and oxygen atoms in total. The Balaban J connectivity index is 1.48. The number of benzene rings is 3. The minimum Gasteiger partial charge on any atom is -0.289 e. The van der Waals surface area contributed by atoms with E-state index in [1.165, 1.54) is 5.56 Å². The third kappa shape index (κ3) is 3.01. The van der Waals surface area contributed by atoms with Gasteiger partial charge in [-0.15, -0.1) is 0 Å². The molecule has 3 heteroatoms. The third-order valence-corrected chi connectivity index (χ3v) is 5.25. The first-order chi connectivity index (χ1) is 13.8. The van der Waals surface area contributed by atoms with Gasteiger partial charge in [0, 0.05) is 23.5 Å². The van der Waals surface area contributed by atoms with E-state index in [9.17, 15) is 4.79 Å². The van der Waals surface area contributed by atoms with E-state index in [4.69, 9.17) is 0 Å². The molecule has 0 fully saturated rings. The number of carbonyl (C=O) groups is 1. The molecule has 0 radical (unpaired) electrons. The van der Waals surface area contributed by atoms with Gasteiger partial charge in [-0.2, -0.15) is 0 Å². The van der Waals surface area contributed by atoms with Crippen LogP contribution in [-0.4, -0.2) is 15.8 Å². The Labute approximate surface area is 163 Å². The normalized spacial score (nSPS) is 15.0. The van der Waals surface area contributed by atoms with Crippen molar-refractivity contribution in [1.29, 1.82) is 0 Å². The summed E-state index contributed by atoms with van der Waals surface area (Å²) in [4.78, 5) is 21.7. The molecular formula is C25H18N2O. The lowest BCUT2D eigenvalue weighted by Crippen LogP contribution is -2.14. The number of carbonyl (C=O) groups excluding carboxylic acids is 1. The van der Waals surface area contributed by atoms with Crippen LogP contribution in [0.4, 0.5) is 0 Å². The number of fused-ring (bicyclic) bond motifs is 2. The van der Waals surface area contributed by atoms with Crippen LogP contribution in [0.1, 0.15) is 27.9 Å². The molecule has 0 saturated carbocycles. The van der Waals surface area contributed by atoms with Crippen LogP contribution in [0.3, 0.4) is 0 Å². The minimum atomic E-state index is 0.125. The summed E-state index contributed by atoms with van der Waals surface area (Å²) in [6.07, 6.45) is 6.99. The number of allylic oxidation sites excluding steroid dienone is 1. The van der Waals surface area contributed by atoms with Gasteiger partial charge in [-0.25, -0.2) is 0 Å². The van der Waals surface area contributed by atoms with Crippen molar-refractivity contribution >= 4 is 22.9 Å². The van der Waals surface area contributed by atoms with Gasteiger partial charge in [-0.05, 0) is 53.3 Å². The van der Waals surface area contributed by atoms with Gasteiger partial charge in [0.05, 0.1) is 11.0 Å². The number of hydrogen-bond acceptors (Lipinski definition) is 3. The monoisotopic (exact) mass is 362 g/mol. The smallest absolute Gasteiger partial charge is 0.189 e. The van der Waals surface area contributed by atoms with Gasteiger partial charge in [0.25, 0.3) is 0 Å². The van der Waals surface area contributed by atoms with E-state index in [0.29, 0.717) is 0 Å². The predicted molar refractivity (Wildman–Crippen MR) is 112 cm³/mol. The molecule has 4 aromatic rings. The van der Waals surface area contributed by atoms with E-state index in [1.807, 2.05) is 54.6 Å². The Morgan fingerprint density at radius 1 is 0.750 bits per heavy atom. The second-order valence-electron chi connectivity index (χ2n) is 7.04. The zero-order valence-corrected chi connectivity index (χ0v) is 15.3. The Morgan fingerprint density at radius 2 is 1.57 bits per heavy atom. The molecule has 0 atom stereocenters. The summed E-state index contributed by atoms with van der Waals surface area (Å²) in [5, 5.41) is 0. The highest BCUT2D eigenvalue weighted by atomic mass is 16.1. The molecule has 28 heavy (non-hydrogen) atoms. The van der Waals surface area contributed by atoms with Gasteiger partial charge in [0.2, 0.25) is 0 Å². The first-order valence-corrected chi connectivity index (χ1v) is 9.42. The second kappa shape index (κ2) is 6.86. The molecule has 1 aliphatic rings. The zero-order chi connectivity index (χ0) is 18.9. The van der Waals surface area contributed by atoms with E-state index in [-0.39, 0.29) is 5.78 Å². The second-order valence-corrected chi connectivity index (χ2v) is 7.04. The highest BCUT2D eigenvalue weighted by Gasteiger charge is 2.22. The molecule has 0 bridgehead atoms. The van der Waals surface area contributed by atoms with Crippen LogP contribution in [0.5, 0.6) is 0 Å². The fourth-order valence-electron chi connectivity index (χ4n) is 3.80. The molecule has 5 rings (SSSR count). The molecule has 0 saturated heterocycles. The predicted octanol–water partition coefficient (Wildman–Crippen LogP) is 5.51. The van der Waals surface area contributed by atoms with Crippen molar-refractivity contribution in [3.8, 4) is 11.1 Å². The van der Waals surface area contributed by atoms with Crippen molar-refractivity contribution < 1.29 is 4.79 Å². The maximum atomic E-state index is 13.0. The minimum absolute atomic E-state index is 0.125. The van der Waals surface area contributed by atoms with Crippen LogP contribution in [0, 0.1) is 0 Å². The van der Waals surface area contributed by atoms with Gasteiger partial charge in [0.15, 0.2) is 5.78 Å². The summed E-state index contributed by atoms with van der Waals surface area (Å²) < 4.78 is 0. The van der Waals surface area contributed by atoms with Gasteiger partial charge in [-0.1, -0.05) is 54.6 Å². The van der Waals surface area contributed by atoms with Crippen LogP contribution >= 0.6 is 0 Å². The van der Waals surface area contributed by atoms with Gasteiger partial charge in [0.1, 0.15) is 0 Å². The zero-order valence-electron chi connectivity index (χ0n) is 15.3. The molecule has 0 spiro atoms. The average Bonchev–Trinajstić information content (AvgIpc) is 2.76. The Hall–Kier alpha value is -3.59. The molecule has 1 heterocycles. The summed E-state index contributed by atoms with van der Waals surface area (Å²) in [6, 6.07) is 22.4. The van der Waals surface area contributed by atoms with Crippen LogP contribution in [0.2, 0.25) is 0 Å². The highest BCUT2D eigenvalue weighted by Crippen LogP contribution is 2.30. The van der Waals surface area contributed by atoms with Crippen molar-refractivity contribution in [2.45, 2.75) is 12.8 Å². The number of ketones is 1. The topological polar surface area (TPSA) is 42.9 Å². The fraction of sp³-hybridized carbons (Fsp3) is 0.0800. The average molecular weight is 362 g/mol. The maximum Gasteiger partial charge on any atom is 0.189 e. The largest absolute Gasteiger partial charge is 0.289 e. The third-order valence-electron chi connectivity index (χ3n) is 5.25.